The van der Waals surface area contributed by atoms with Crippen molar-refractivity contribution in [1.82, 2.24) is 0 Å². The molecule has 0 radical (unpaired) electrons. The summed E-state index contributed by atoms with van der Waals surface area (Å²) < 4.78 is 5.50. The van der Waals surface area contributed by atoms with E-state index in [0.29, 0.717) is 12.3 Å². The molecule has 0 unspecified atom stereocenters. The highest BCUT2D eigenvalue weighted by Crippen LogP contribution is 2.29. The van der Waals surface area contributed by atoms with Gasteiger partial charge in [0.25, 0.3) is 0 Å². The number of hydrogen-bond acceptors (Lipinski definition) is 3. The molecule has 102 valence electrons. The van der Waals surface area contributed by atoms with Crippen LogP contribution in [0.2, 0.25) is 0 Å². The number of anilines is 2. The molecule has 1 N–H and O–H groups in total. The predicted molar refractivity (Wildman–Crippen MR) is 79.5 cm³/mol. The Morgan fingerprint density at radius 2 is 1.90 bits per heavy atom. The Kier molecular flexibility index (Phi) is 3.29. The lowest BCUT2D eigenvalue weighted by Gasteiger charge is -2.29. The number of hydrogen-bond donors (Lipinski definition) is 1. The average Bonchev–Trinajstić information content (AvgIpc) is 2.49. The molecule has 0 atom stereocenters. The summed E-state index contributed by atoms with van der Waals surface area (Å²) in [4.78, 5) is 14.0. The van der Waals surface area contributed by atoms with Crippen molar-refractivity contribution in [3.63, 3.8) is 0 Å². The number of rotatable bonds is 1. The molecule has 0 aromatic heterocycles. The van der Waals surface area contributed by atoms with Crippen molar-refractivity contribution >= 4 is 17.5 Å². The van der Waals surface area contributed by atoms with Gasteiger partial charge in [-0.05, 0) is 30.7 Å². The molecule has 0 spiro atoms. The summed E-state index contributed by atoms with van der Waals surface area (Å²) in [6.07, 6.45) is -0.340. The molecule has 1 heterocycles. The van der Waals surface area contributed by atoms with Gasteiger partial charge in [-0.2, -0.15) is 0 Å². The first-order valence-electron chi connectivity index (χ1n) is 6.63. The zero-order valence-electron chi connectivity index (χ0n) is 11.3. The molecule has 0 saturated carbocycles. The molecular formula is C16H16N2O2. The van der Waals surface area contributed by atoms with E-state index in [-0.39, 0.29) is 6.09 Å². The van der Waals surface area contributed by atoms with Gasteiger partial charge in [0, 0.05) is 13.1 Å². The van der Waals surface area contributed by atoms with E-state index in [1.807, 2.05) is 49.4 Å². The Bertz CT molecular complexity index is 640. The normalized spacial score (nSPS) is 13.3. The van der Waals surface area contributed by atoms with Gasteiger partial charge in [-0.25, -0.2) is 4.79 Å². The van der Waals surface area contributed by atoms with E-state index < -0.39 is 0 Å². The second-order valence-electron chi connectivity index (χ2n) is 4.73. The number of benzene rings is 2. The molecule has 3 rings (SSSR count). The Morgan fingerprint density at radius 3 is 2.75 bits per heavy atom. The van der Waals surface area contributed by atoms with E-state index in [1.54, 1.807) is 11.0 Å². The lowest BCUT2D eigenvalue weighted by Crippen LogP contribution is -2.40. The largest absolute Gasteiger partial charge is 0.419 e. The van der Waals surface area contributed by atoms with E-state index in [0.717, 1.165) is 23.5 Å². The predicted octanol–water partition coefficient (Wildman–Crippen LogP) is 3.43. The number of fused-ring (bicyclic) bond motifs is 1. The van der Waals surface area contributed by atoms with Crippen molar-refractivity contribution in [2.45, 2.75) is 6.92 Å². The van der Waals surface area contributed by atoms with Crippen molar-refractivity contribution in [1.29, 1.82) is 0 Å². The molecule has 4 heteroatoms. The molecule has 1 aliphatic rings. The zero-order valence-corrected chi connectivity index (χ0v) is 11.3. The quantitative estimate of drug-likeness (QED) is 0.861. The fraction of sp³-hybridized carbons (Fsp3) is 0.188. The summed E-state index contributed by atoms with van der Waals surface area (Å²) in [5, 5.41) is 3.27. The van der Waals surface area contributed by atoms with E-state index in [9.17, 15) is 4.79 Å². The lowest BCUT2D eigenvalue weighted by atomic mass is 10.2. The van der Waals surface area contributed by atoms with Gasteiger partial charge in [-0.15, -0.1) is 0 Å². The van der Waals surface area contributed by atoms with Crippen LogP contribution in [0.4, 0.5) is 16.2 Å². The maximum absolute atomic E-state index is 12.4. The van der Waals surface area contributed by atoms with Crippen LogP contribution in [-0.2, 0) is 0 Å². The molecule has 20 heavy (non-hydrogen) atoms. The topological polar surface area (TPSA) is 41.6 Å². The average molecular weight is 268 g/mol. The van der Waals surface area contributed by atoms with E-state index in [1.165, 1.54) is 0 Å². The van der Waals surface area contributed by atoms with Crippen molar-refractivity contribution in [3.8, 4) is 5.75 Å². The third-order valence-corrected chi connectivity index (χ3v) is 3.36. The highest BCUT2D eigenvalue weighted by atomic mass is 16.6. The number of amides is 1. The molecule has 0 saturated heterocycles. The van der Waals surface area contributed by atoms with Gasteiger partial charge in [0.2, 0.25) is 0 Å². The monoisotopic (exact) mass is 268 g/mol. The van der Waals surface area contributed by atoms with Gasteiger partial charge >= 0.3 is 6.09 Å². The van der Waals surface area contributed by atoms with Crippen molar-refractivity contribution in [2.24, 2.45) is 0 Å². The van der Waals surface area contributed by atoms with Crippen LogP contribution < -0.4 is 15.0 Å². The minimum atomic E-state index is -0.340. The molecule has 0 aliphatic carbocycles. The Morgan fingerprint density at radius 1 is 1.15 bits per heavy atom. The highest BCUT2D eigenvalue weighted by molar-refractivity contribution is 5.94. The zero-order chi connectivity index (χ0) is 13.9. The van der Waals surface area contributed by atoms with E-state index in [4.69, 9.17) is 4.74 Å². The standard InChI is InChI=1S/C16H16N2O2/c1-12-6-2-5-9-15(12)20-16(19)18-11-10-17-13-7-3-4-8-14(13)18/h2-9,17H,10-11H2,1H3. The summed E-state index contributed by atoms with van der Waals surface area (Å²) >= 11 is 0. The fourth-order valence-electron chi connectivity index (χ4n) is 2.29. The van der Waals surface area contributed by atoms with E-state index >= 15 is 0 Å². The van der Waals surface area contributed by atoms with Gasteiger partial charge in [0.1, 0.15) is 5.75 Å². The summed E-state index contributed by atoms with van der Waals surface area (Å²) in [6, 6.07) is 15.3. The van der Waals surface area contributed by atoms with E-state index in [2.05, 4.69) is 5.32 Å². The number of ether oxygens (including phenoxy) is 1. The Balaban J connectivity index is 1.84. The second kappa shape index (κ2) is 5.25. The number of para-hydroxylation sites is 3. The summed E-state index contributed by atoms with van der Waals surface area (Å²) in [5.74, 6) is 0.605. The maximum Gasteiger partial charge on any atom is 0.419 e. The fourth-order valence-corrected chi connectivity index (χ4v) is 2.29. The van der Waals surface area contributed by atoms with Gasteiger partial charge in [-0.1, -0.05) is 30.3 Å². The first-order chi connectivity index (χ1) is 9.75. The van der Waals surface area contributed by atoms with Crippen molar-refractivity contribution in [3.05, 3.63) is 54.1 Å². The molecule has 1 aliphatic heterocycles. The lowest BCUT2D eigenvalue weighted by molar-refractivity contribution is 0.207. The van der Waals surface area contributed by atoms with Crippen molar-refractivity contribution in [2.75, 3.05) is 23.3 Å². The van der Waals surface area contributed by atoms with Gasteiger partial charge in [0.05, 0.1) is 11.4 Å². The summed E-state index contributed by atoms with van der Waals surface area (Å²) in [6.45, 7) is 3.25. The Hall–Kier alpha value is -2.49. The molecule has 4 nitrogen and oxygen atoms in total. The molecular weight excluding hydrogens is 252 g/mol. The number of nitrogens with zero attached hydrogens (tertiary/aromatic N) is 1. The van der Waals surface area contributed by atoms with Crippen LogP contribution >= 0.6 is 0 Å². The number of aryl methyl sites for hydroxylation is 1. The first kappa shape index (κ1) is 12.5. The maximum atomic E-state index is 12.4. The van der Waals surface area contributed by atoms with Crippen LogP contribution in [0.3, 0.4) is 0 Å². The minimum Gasteiger partial charge on any atom is -0.410 e. The molecule has 0 bridgehead atoms. The van der Waals surface area contributed by atoms with Gasteiger partial charge in [0.15, 0.2) is 0 Å². The number of carbonyl (C=O) groups is 1. The smallest absolute Gasteiger partial charge is 0.410 e. The summed E-state index contributed by atoms with van der Waals surface area (Å²) in [7, 11) is 0. The van der Waals surface area contributed by atoms with Crippen LogP contribution in [0, 0.1) is 6.92 Å². The molecule has 2 aromatic rings. The molecule has 1 amide bonds. The van der Waals surface area contributed by atoms with Crippen LogP contribution in [0.5, 0.6) is 5.75 Å². The van der Waals surface area contributed by atoms with Gasteiger partial charge in [-0.3, -0.25) is 4.90 Å². The minimum absolute atomic E-state index is 0.340. The Labute approximate surface area is 118 Å². The SMILES string of the molecule is Cc1ccccc1OC(=O)N1CCNc2ccccc21. The first-order valence-corrected chi connectivity index (χ1v) is 6.63. The van der Waals surface area contributed by atoms with Crippen LogP contribution in [0.25, 0.3) is 0 Å². The molecule has 2 aromatic carbocycles. The third kappa shape index (κ3) is 2.32. The van der Waals surface area contributed by atoms with Crippen LogP contribution in [0.15, 0.2) is 48.5 Å². The van der Waals surface area contributed by atoms with Crippen LogP contribution in [-0.4, -0.2) is 19.2 Å². The second-order valence-corrected chi connectivity index (χ2v) is 4.73. The third-order valence-electron chi connectivity index (χ3n) is 3.36. The molecule has 0 fully saturated rings. The highest BCUT2D eigenvalue weighted by Gasteiger charge is 2.23. The summed E-state index contributed by atoms with van der Waals surface area (Å²) in [5.41, 5.74) is 2.77. The van der Waals surface area contributed by atoms with Gasteiger partial charge < -0.3 is 10.1 Å². The number of nitrogens with one attached hydrogen (secondary N) is 1. The van der Waals surface area contributed by atoms with Crippen molar-refractivity contribution < 1.29 is 9.53 Å². The number of carbonyl (C=O) groups excluding carboxylic acids is 1. The van der Waals surface area contributed by atoms with Crippen LogP contribution in [0.1, 0.15) is 5.56 Å².